The molecule has 2 rings (SSSR count). The Morgan fingerprint density at radius 1 is 1.23 bits per heavy atom. The molecular formula is C10H9O2S+. The zero-order valence-electron chi connectivity index (χ0n) is 7.19. The van der Waals surface area contributed by atoms with Crippen molar-refractivity contribution in [3.63, 3.8) is 0 Å². The third-order valence-corrected chi connectivity index (χ3v) is 3.43. The summed E-state index contributed by atoms with van der Waals surface area (Å²) in [5, 5.41) is 5.96. The molecule has 0 aliphatic rings. The Bertz CT molecular complexity index is 412. The molecule has 0 atom stereocenters. The number of benzene rings is 1. The summed E-state index contributed by atoms with van der Waals surface area (Å²) >= 11 is 0. The number of ether oxygens (including phenoxy) is 1. The van der Waals surface area contributed by atoms with Gasteiger partial charge in [-0.05, 0) is 12.1 Å². The molecule has 0 aliphatic carbocycles. The molecule has 2 nitrogen and oxygen atoms in total. The summed E-state index contributed by atoms with van der Waals surface area (Å²) in [5.41, 5.74) is 0. The van der Waals surface area contributed by atoms with Crippen molar-refractivity contribution in [2.45, 2.75) is 0 Å². The Morgan fingerprint density at radius 2 is 1.77 bits per heavy atom. The minimum Gasteiger partial charge on any atom is -0.425 e. The third kappa shape index (κ3) is 1.42. The van der Waals surface area contributed by atoms with Crippen molar-refractivity contribution in [2.75, 3.05) is 7.11 Å². The van der Waals surface area contributed by atoms with Gasteiger partial charge < -0.3 is 4.74 Å². The first kappa shape index (κ1) is 8.26. The molecule has 13 heavy (non-hydrogen) atoms. The lowest BCUT2D eigenvalue weighted by molar-refractivity contribution is 0.199. The quantitative estimate of drug-likeness (QED) is 0.513. The molecule has 0 fully saturated rings. The fourth-order valence-electron chi connectivity index (χ4n) is 1.23. The molecule has 1 heterocycles. The Kier molecular flexibility index (Phi) is 2.02. The second-order valence-electron chi connectivity index (χ2n) is 2.69. The molecule has 66 valence electrons. The highest BCUT2D eigenvalue weighted by molar-refractivity contribution is 7.49. The predicted octanol–water partition coefficient (Wildman–Crippen LogP) is 3.20. The van der Waals surface area contributed by atoms with Crippen LogP contribution in [0.25, 0.3) is 10.8 Å². The maximum absolute atomic E-state index is 11.2. The summed E-state index contributed by atoms with van der Waals surface area (Å²) in [6, 6.07) is 7.93. The molecule has 0 saturated carbocycles. The van der Waals surface area contributed by atoms with Gasteiger partial charge in [0.2, 0.25) is 0 Å². The van der Waals surface area contributed by atoms with Crippen molar-refractivity contribution in [3.05, 3.63) is 35.0 Å². The molecule has 0 saturated heterocycles. The number of hydrogen-bond acceptors (Lipinski definition) is 2. The van der Waals surface area contributed by atoms with Gasteiger partial charge in [0.05, 0.1) is 17.6 Å². The lowest BCUT2D eigenvalue weighted by atomic mass is 10.2. The van der Waals surface area contributed by atoms with E-state index in [0.29, 0.717) is 0 Å². The van der Waals surface area contributed by atoms with E-state index in [2.05, 4.69) is 4.74 Å². The Labute approximate surface area is 78.7 Å². The van der Waals surface area contributed by atoms with E-state index in [1.807, 2.05) is 35.0 Å². The van der Waals surface area contributed by atoms with E-state index in [9.17, 15) is 4.79 Å². The first-order chi connectivity index (χ1) is 6.31. The second-order valence-corrected chi connectivity index (χ2v) is 4.24. The normalized spacial score (nSPS) is 10.2. The first-order valence-corrected chi connectivity index (χ1v) is 5.25. The van der Waals surface area contributed by atoms with Crippen LogP contribution in [0.3, 0.4) is 0 Å². The monoisotopic (exact) mass is 193 g/mol. The Hall–Kier alpha value is -1.35. The van der Waals surface area contributed by atoms with E-state index in [4.69, 9.17) is 0 Å². The predicted molar refractivity (Wildman–Crippen MR) is 54.2 cm³/mol. The number of carbonyl (C=O) groups is 1. The molecule has 1 aromatic carbocycles. The maximum atomic E-state index is 11.2. The number of methoxy groups -OCH3 is 1. The van der Waals surface area contributed by atoms with Gasteiger partial charge in [-0.25, -0.2) is 0 Å². The Morgan fingerprint density at radius 3 is 2.23 bits per heavy atom. The smallest absolute Gasteiger partial charge is 0.425 e. The lowest BCUT2D eigenvalue weighted by Crippen LogP contribution is -1.88. The second kappa shape index (κ2) is 3.18. The molecule has 0 unspecified atom stereocenters. The molecule has 0 spiro atoms. The SMILES string of the molecule is COC(=O)[s+]1cc2ccccc2c1. The van der Waals surface area contributed by atoms with E-state index >= 15 is 0 Å². The largest absolute Gasteiger partial charge is 0.554 e. The minimum absolute atomic E-state index is 0.170. The van der Waals surface area contributed by atoms with Crippen LogP contribution in [-0.2, 0) is 4.74 Å². The fourth-order valence-corrected chi connectivity index (χ4v) is 2.65. The Balaban J connectivity index is 2.56. The van der Waals surface area contributed by atoms with Crippen molar-refractivity contribution in [2.24, 2.45) is 0 Å². The van der Waals surface area contributed by atoms with E-state index in [1.54, 1.807) is 0 Å². The van der Waals surface area contributed by atoms with Crippen molar-refractivity contribution in [1.82, 2.24) is 0 Å². The fraction of sp³-hybridized carbons (Fsp3) is 0.100. The summed E-state index contributed by atoms with van der Waals surface area (Å²) in [6.07, 6.45) is 0. The minimum atomic E-state index is -0.480. The van der Waals surface area contributed by atoms with Gasteiger partial charge in [0, 0.05) is 10.8 Å². The van der Waals surface area contributed by atoms with Gasteiger partial charge in [-0.3, -0.25) is 0 Å². The van der Waals surface area contributed by atoms with Crippen molar-refractivity contribution in [3.8, 4) is 0 Å². The molecule has 0 N–H and O–H groups in total. The average molecular weight is 193 g/mol. The van der Waals surface area contributed by atoms with E-state index in [0.717, 1.165) is 10.8 Å². The zero-order valence-corrected chi connectivity index (χ0v) is 8.01. The van der Waals surface area contributed by atoms with Crippen LogP contribution in [0.1, 0.15) is 0 Å². The molecule has 3 heteroatoms. The molecule has 0 aliphatic heterocycles. The number of rotatable bonds is 1. The van der Waals surface area contributed by atoms with Crippen LogP contribution in [0.2, 0.25) is 0 Å². The average Bonchev–Trinajstić information content (AvgIpc) is 2.59. The van der Waals surface area contributed by atoms with Crippen LogP contribution < -0.4 is 0 Å². The summed E-state index contributed by atoms with van der Waals surface area (Å²) in [5.74, 6) is 0. The molecular weight excluding hydrogens is 184 g/mol. The van der Waals surface area contributed by atoms with Gasteiger partial charge in [-0.2, -0.15) is 4.79 Å². The third-order valence-electron chi connectivity index (χ3n) is 1.86. The van der Waals surface area contributed by atoms with Crippen molar-refractivity contribution < 1.29 is 9.53 Å². The number of carbonyl (C=O) groups excluding carboxylic acids is 1. The van der Waals surface area contributed by atoms with E-state index < -0.39 is 10.5 Å². The molecule has 1 aromatic heterocycles. The molecule has 0 amide bonds. The highest BCUT2D eigenvalue weighted by Gasteiger charge is 2.18. The number of thiophene rings is 1. The highest BCUT2D eigenvalue weighted by atomic mass is 32.2. The van der Waals surface area contributed by atoms with Gasteiger partial charge in [0.15, 0.2) is 10.8 Å². The highest BCUT2D eigenvalue weighted by Crippen LogP contribution is 2.28. The van der Waals surface area contributed by atoms with Crippen molar-refractivity contribution >= 4 is 26.5 Å². The summed E-state index contributed by atoms with van der Waals surface area (Å²) in [6.45, 7) is 0. The molecule has 0 bridgehead atoms. The maximum Gasteiger partial charge on any atom is 0.554 e. The lowest BCUT2D eigenvalue weighted by Gasteiger charge is -1.81. The summed E-state index contributed by atoms with van der Waals surface area (Å²) in [7, 11) is 0.937. The van der Waals surface area contributed by atoms with Crippen LogP contribution >= 0.6 is 10.5 Å². The number of hydrogen-bond donors (Lipinski definition) is 0. The van der Waals surface area contributed by atoms with E-state index in [1.165, 1.54) is 7.11 Å². The van der Waals surface area contributed by atoms with Gasteiger partial charge in [0.25, 0.3) is 0 Å². The molecule has 0 radical (unpaired) electrons. The van der Waals surface area contributed by atoms with Crippen molar-refractivity contribution in [1.29, 1.82) is 0 Å². The number of fused-ring (bicyclic) bond motifs is 1. The van der Waals surface area contributed by atoms with Gasteiger partial charge in [-0.1, -0.05) is 12.1 Å². The summed E-state index contributed by atoms with van der Waals surface area (Å²) < 4.78 is 4.68. The van der Waals surface area contributed by atoms with Gasteiger partial charge in [-0.15, -0.1) is 0 Å². The van der Waals surface area contributed by atoms with Crippen LogP contribution in [0.15, 0.2) is 35.0 Å². The van der Waals surface area contributed by atoms with Gasteiger partial charge >= 0.3 is 5.30 Å². The topological polar surface area (TPSA) is 26.3 Å². The van der Waals surface area contributed by atoms with Crippen LogP contribution in [0.5, 0.6) is 0 Å². The van der Waals surface area contributed by atoms with Crippen LogP contribution in [0.4, 0.5) is 4.79 Å². The molecule has 2 aromatic rings. The van der Waals surface area contributed by atoms with E-state index in [-0.39, 0.29) is 5.30 Å². The van der Waals surface area contributed by atoms with Crippen LogP contribution in [-0.4, -0.2) is 12.4 Å². The zero-order chi connectivity index (χ0) is 9.26. The first-order valence-electron chi connectivity index (χ1n) is 3.90. The standard InChI is InChI=1S/C10H9O2S/c1-12-10(11)13-6-8-4-2-3-5-9(8)7-13/h2-7H,1H3/q+1. The van der Waals surface area contributed by atoms with Gasteiger partial charge in [0.1, 0.15) is 0 Å². The van der Waals surface area contributed by atoms with Crippen LogP contribution in [0, 0.1) is 0 Å². The summed E-state index contributed by atoms with van der Waals surface area (Å²) in [4.78, 5) is 11.2.